The fourth-order valence-electron chi connectivity index (χ4n) is 2.54. The van der Waals surface area contributed by atoms with Gasteiger partial charge in [0.2, 0.25) is 0 Å². The zero-order chi connectivity index (χ0) is 19.8. The van der Waals surface area contributed by atoms with E-state index in [9.17, 15) is 9.36 Å². The average Bonchev–Trinajstić information content (AvgIpc) is 2.69. The molecule has 0 fully saturated rings. The first kappa shape index (κ1) is 20.2. The summed E-state index contributed by atoms with van der Waals surface area (Å²) >= 11 is 1.05. The molecule has 1 atom stereocenters. The number of para-hydroxylation sites is 2. The van der Waals surface area contributed by atoms with Crippen molar-refractivity contribution in [2.24, 2.45) is 0 Å². The van der Waals surface area contributed by atoms with Gasteiger partial charge < -0.3 is 9.05 Å². The number of benzene rings is 3. The zero-order valence-corrected chi connectivity index (χ0v) is 17.1. The first-order valence-electron chi connectivity index (χ1n) is 8.90. The molecule has 0 bridgehead atoms. The molecule has 0 radical (unpaired) electrons. The molecule has 0 aliphatic carbocycles. The van der Waals surface area contributed by atoms with Crippen LogP contribution in [0, 0.1) is 0 Å². The molecular weight excluding hydrogens is 391 g/mol. The lowest BCUT2D eigenvalue weighted by molar-refractivity contribution is 0.0983. The fourth-order valence-corrected chi connectivity index (χ4v) is 6.41. The molecule has 144 valence electrons. The summed E-state index contributed by atoms with van der Waals surface area (Å²) in [6.45, 7) is -1.75. The van der Waals surface area contributed by atoms with Crippen LogP contribution in [-0.2, 0) is 4.57 Å². The van der Waals surface area contributed by atoms with Crippen LogP contribution in [0.4, 0.5) is 0 Å². The second kappa shape index (κ2) is 9.63. The highest BCUT2D eigenvalue weighted by molar-refractivity contribution is 8.55. The summed E-state index contributed by atoms with van der Waals surface area (Å²) in [6.07, 6.45) is 0.231. The van der Waals surface area contributed by atoms with E-state index in [2.05, 4.69) is 0 Å². The van der Waals surface area contributed by atoms with E-state index in [1.807, 2.05) is 37.3 Å². The predicted molar refractivity (Wildman–Crippen MR) is 114 cm³/mol. The maximum atomic E-state index is 13.5. The molecule has 0 aromatic heterocycles. The van der Waals surface area contributed by atoms with Gasteiger partial charge in [0, 0.05) is 17.2 Å². The lowest BCUT2D eigenvalue weighted by Gasteiger charge is -2.21. The van der Waals surface area contributed by atoms with Crippen LogP contribution in [-0.4, -0.2) is 11.0 Å². The number of carbonyl (C=O) groups is 1. The molecular formula is C22H21O4PS. The first-order valence-corrected chi connectivity index (χ1v) is 11.9. The van der Waals surface area contributed by atoms with Crippen molar-refractivity contribution in [2.45, 2.75) is 18.6 Å². The normalized spacial score (nSPS) is 12.2. The van der Waals surface area contributed by atoms with E-state index in [1.54, 1.807) is 60.7 Å². The summed E-state index contributed by atoms with van der Waals surface area (Å²) in [7, 11) is 0. The van der Waals surface area contributed by atoms with Crippen LogP contribution in [0.15, 0.2) is 91.0 Å². The van der Waals surface area contributed by atoms with Gasteiger partial charge in [-0.3, -0.25) is 4.79 Å². The molecule has 0 saturated carbocycles. The van der Waals surface area contributed by atoms with Crippen molar-refractivity contribution < 1.29 is 18.4 Å². The Bertz CT molecular complexity index is 887. The van der Waals surface area contributed by atoms with E-state index in [4.69, 9.17) is 9.05 Å². The molecule has 0 aliphatic rings. The van der Waals surface area contributed by atoms with Crippen molar-refractivity contribution in [3.63, 3.8) is 0 Å². The van der Waals surface area contributed by atoms with E-state index in [0.717, 1.165) is 11.4 Å². The van der Waals surface area contributed by atoms with Gasteiger partial charge in [-0.1, -0.05) is 73.7 Å². The first-order chi connectivity index (χ1) is 13.5. The quantitative estimate of drug-likeness (QED) is 0.291. The Balaban J connectivity index is 1.74. The van der Waals surface area contributed by atoms with Crippen LogP contribution in [0.1, 0.15) is 23.7 Å². The van der Waals surface area contributed by atoms with Gasteiger partial charge in [-0.05, 0) is 35.6 Å². The molecule has 0 N–H and O–H groups in total. The standard InChI is InChI=1S/C22H21O4PS/c1-18(17-22(23)19-11-5-2-6-12-19)28-27(24,25-20-13-7-3-8-14-20)26-21-15-9-4-10-16-21/h2-16,18H,17H2,1H3. The van der Waals surface area contributed by atoms with E-state index in [1.165, 1.54) is 0 Å². The summed E-state index contributed by atoms with van der Waals surface area (Å²) in [5, 5.41) is -0.258. The van der Waals surface area contributed by atoms with Gasteiger partial charge in [0.05, 0.1) is 0 Å². The zero-order valence-electron chi connectivity index (χ0n) is 15.4. The summed E-state index contributed by atoms with van der Waals surface area (Å²) in [4.78, 5) is 12.5. The average molecular weight is 412 g/mol. The molecule has 0 amide bonds. The van der Waals surface area contributed by atoms with Crippen LogP contribution in [0.2, 0.25) is 0 Å². The Hall–Kier alpha value is -2.49. The van der Waals surface area contributed by atoms with Gasteiger partial charge >= 0.3 is 6.80 Å². The minimum atomic E-state index is -3.60. The third-order valence-electron chi connectivity index (χ3n) is 3.80. The number of hydrogen-bond acceptors (Lipinski definition) is 5. The Labute approximate surface area is 169 Å². The molecule has 6 heteroatoms. The third kappa shape index (κ3) is 6.01. The minimum Gasteiger partial charge on any atom is -0.408 e. The molecule has 0 aliphatic heterocycles. The molecule has 3 aromatic carbocycles. The van der Waals surface area contributed by atoms with E-state index in [0.29, 0.717) is 17.1 Å². The highest BCUT2D eigenvalue weighted by Gasteiger charge is 2.33. The molecule has 28 heavy (non-hydrogen) atoms. The van der Waals surface area contributed by atoms with Crippen molar-refractivity contribution in [2.75, 3.05) is 0 Å². The minimum absolute atomic E-state index is 0.00780. The molecule has 0 spiro atoms. The van der Waals surface area contributed by atoms with Gasteiger partial charge in [-0.2, -0.15) is 0 Å². The Morgan fingerprint density at radius 3 is 1.71 bits per heavy atom. The van der Waals surface area contributed by atoms with Crippen LogP contribution in [0.5, 0.6) is 11.5 Å². The second-order valence-corrected chi connectivity index (χ2v) is 10.4. The van der Waals surface area contributed by atoms with Crippen LogP contribution in [0.25, 0.3) is 0 Å². The van der Waals surface area contributed by atoms with Gasteiger partial charge in [0.1, 0.15) is 11.5 Å². The van der Waals surface area contributed by atoms with E-state index in [-0.39, 0.29) is 17.5 Å². The van der Waals surface area contributed by atoms with E-state index >= 15 is 0 Å². The molecule has 1 unspecified atom stereocenters. The predicted octanol–water partition coefficient (Wildman–Crippen LogP) is 6.65. The number of Topliss-reactive ketones (excluding diaryl/α,β-unsaturated/α-hetero) is 1. The largest absolute Gasteiger partial charge is 0.493 e. The van der Waals surface area contributed by atoms with Crippen molar-refractivity contribution in [3.05, 3.63) is 96.6 Å². The number of hydrogen-bond donors (Lipinski definition) is 0. The van der Waals surface area contributed by atoms with E-state index < -0.39 is 6.80 Å². The monoisotopic (exact) mass is 412 g/mol. The van der Waals surface area contributed by atoms with Gasteiger partial charge in [0.25, 0.3) is 0 Å². The van der Waals surface area contributed by atoms with Crippen molar-refractivity contribution in [1.82, 2.24) is 0 Å². The van der Waals surface area contributed by atoms with Crippen LogP contribution >= 0.6 is 18.2 Å². The van der Waals surface area contributed by atoms with Crippen LogP contribution in [0.3, 0.4) is 0 Å². The summed E-state index contributed by atoms with van der Waals surface area (Å²) in [5.74, 6) is 0.901. The Morgan fingerprint density at radius 2 is 1.25 bits per heavy atom. The van der Waals surface area contributed by atoms with Crippen molar-refractivity contribution in [1.29, 1.82) is 0 Å². The maximum absolute atomic E-state index is 13.5. The number of rotatable bonds is 9. The van der Waals surface area contributed by atoms with Gasteiger partial charge in [0.15, 0.2) is 5.78 Å². The lowest BCUT2D eigenvalue weighted by atomic mass is 10.1. The molecule has 3 aromatic rings. The van der Waals surface area contributed by atoms with Crippen molar-refractivity contribution in [3.8, 4) is 11.5 Å². The maximum Gasteiger partial charge on any atom is 0.493 e. The SMILES string of the molecule is CC(CC(=O)c1ccccc1)SP(=O)(Oc1ccccc1)Oc1ccccc1. The van der Waals surface area contributed by atoms with Crippen molar-refractivity contribution >= 4 is 24.0 Å². The summed E-state index contributed by atoms with van der Waals surface area (Å²) < 4.78 is 25.0. The highest BCUT2D eigenvalue weighted by atomic mass is 32.7. The number of ketones is 1. The lowest BCUT2D eigenvalue weighted by Crippen LogP contribution is -2.09. The molecule has 4 nitrogen and oxygen atoms in total. The fraction of sp³-hybridized carbons (Fsp3) is 0.136. The highest BCUT2D eigenvalue weighted by Crippen LogP contribution is 2.61. The topological polar surface area (TPSA) is 52.6 Å². The van der Waals surface area contributed by atoms with Crippen LogP contribution < -0.4 is 9.05 Å². The molecule has 0 heterocycles. The second-order valence-electron chi connectivity index (χ2n) is 6.17. The smallest absolute Gasteiger partial charge is 0.408 e. The molecule has 0 saturated heterocycles. The Kier molecular flexibility index (Phi) is 6.96. The van der Waals surface area contributed by atoms with Gasteiger partial charge in [-0.25, -0.2) is 4.57 Å². The summed E-state index contributed by atoms with van der Waals surface area (Å²) in [5.41, 5.74) is 0.637. The number of carbonyl (C=O) groups excluding carboxylic acids is 1. The summed E-state index contributed by atoms with van der Waals surface area (Å²) in [6, 6.07) is 26.9. The molecule has 3 rings (SSSR count). The van der Waals surface area contributed by atoms with Gasteiger partial charge in [-0.15, -0.1) is 0 Å². The third-order valence-corrected chi connectivity index (χ3v) is 7.75. The Morgan fingerprint density at radius 1 is 0.821 bits per heavy atom.